The number of nitrogens with zero attached hydrogens (tertiary/aromatic N) is 1. The second kappa shape index (κ2) is 3.54. The monoisotopic (exact) mass is 254 g/mol. The third-order valence-corrected chi connectivity index (χ3v) is 2.21. The van der Waals surface area contributed by atoms with E-state index in [1.54, 1.807) is 0 Å². The maximum absolute atomic E-state index is 8.71. The van der Waals surface area contributed by atoms with Crippen LogP contribution in [0.25, 0.3) is 0 Å². The molecule has 0 saturated carbocycles. The lowest BCUT2D eigenvalue weighted by Gasteiger charge is -1.97. The van der Waals surface area contributed by atoms with Crippen LogP contribution in [0.15, 0.2) is 24.8 Å². The van der Waals surface area contributed by atoms with Crippen molar-refractivity contribution in [2.75, 3.05) is 0 Å². The van der Waals surface area contributed by atoms with Crippen molar-refractivity contribution in [1.29, 1.82) is 5.26 Å². The van der Waals surface area contributed by atoms with Gasteiger partial charge in [-0.3, -0.25) is 0 Å². The zero-order chi connectivity index (χ0) is 8.27. The molecule has 0 N–H and O–H groups in total. The molecule has 53 valence electrons. The summed E-state index contributed by atoms with van der Waals surface area (Å²) >= 11 is 2.12. The van der Waals surface area contributed by atoms with E-state index < -0.39 is 0 Å². The fraction of sp³-hybridized carbons (Fsp3) is 0. The predicted molar refractivity (Wildman–Crippen MR) is 51.8 cm³/mol. The fourth-order valence-electron chi connectivity index (χ4n) is 0.785. The molecular formula is C9H5IN. The molecule has 0 aliphatic carbocycles. The Hall–Kier alpha value is -0.820. The Morgan fingerprint density at radius 1 is 1.45 bits per heavy atom. The van der Waals surface area contributed by atoms with Gasteiger partial charge in [-0.1, -0.05) is 18.7 Å². The summed E-state index contributed by atoms with van der Waals surface area (Å²) in [6.45, 7) is 3.50. The first-order valence-corrected chi connectivity index (χ1v) is 4.09. The van der Waals surface area contributed by atoms with Gasteiger partial charge in [-0.15, -0.1) is 0 Å². The van der Waals surface area contributed by atoms with Gasteiger partial charge in [0.15, 0.2) is 0 Å². The molecule has 0 saturated heterocycles. The van der Waals surface area contributed by atoms with Crippen LogP contribution < -0.4 is 0 Å². The van der Waals surface area contributed by atoms with Gasteiger partial charge in [-0.2, -0.15) is 5.26 Å². The van der Waals surface area contributed by atoms with E-state index in [2.05, 4.69) is 41.3 Å². The van der Waals surface area contributed by atoms with Gasteiger partial charge in [0.05, 0.1) is 5.56 Å². The lowest BCUT2D eigenvalue weighted by atomic mass is 10.1. The fourth-order valence-corrected chi connectivity index (χ4v) is 1.40. The largest absolute Gasteiger partial charge is 0.192 e. The number of hydrogen-bond acceptors (Lipinski definition) is 1. The van der Waals surface area contributed by atoms with Gasteiger partial charge in [0.25, 0.3) is 0 Å². The summed E-state index contributed by atoms with van der Waals surface area (Å²) in [6, 6.07) is 7.71. The van der Waals surface area contributed by atoms with Crippen LogP contribution in [-0.4, -0.2) is 0 Å². The molecule has 0 unspecified atom stereocenters. The summed E-state index contributed by atoms with van der Waals surface area (Å²) in [5.41, 5.74) is 1.43. The van der Waals surface area contributed by atoms with Crippen LogP contribution in [0.3, 0.4) is 0 Å². The molecule has 0 amide bonds. The molecule has 2 heteroatoms. The van der Waals surface area contributed by atoms with Gasteiger partial charge in [-0.05, 0) is 34.7 Å². The van der Waals surface area contributed by atoms with Crippen LogP contribution in [0.2, 0.25) is 0 Å². The van der Waals surface area contributed by atoms with Crippen molar-refractivity contribution in [2.45, 2.75) is 0 Å². The second-order valence-corrected chi connectivity index (χ2v) is 3.11. The Morgan fingerprint density at radius 2 is 2.18 bits per heavy atom. The number of hydrogen-bond donors (Lipinski definition) is 0. The molecule has 0 fully saturated rings. The SMILES string of the molecule is C=[C]c1cccc(I)c1C#N. The number of benzene rings is 1. The molecule has 1 nitrogen and oxygen atoms in total. The van der Waals surface area contributed by atoms with E-state index in [9.17, 15) is 0 Å². The normalized spacial score (nSPS) is 8.73. The van der Waals surface area contributed by atoms with Gasteiger partial charge in [0.1, 0.15) is 6.07 Å². The highest BCUT2D eigenvalue weighted by Gasteiger charge is 2.01. The Kier molecular flexibility index (Phi) is 2.66. The summed E-state index contributed by atoms with van der Waals surface area (Å²) in [7, 11) is 0. The maximum Gasteiger partial charge on any atom is 0.101 e. The van der Waals surface area contributed by atoms with Gasteiger partial charge >= 0.3 is 0 Å². The summed E-state index contributed by atoms with van der Waals surface area (Å²) in [5, 5.41) is 8.71. The molecule has 11 heavy (non-hydrogen) atoms. The summed E-state index contributed by atoms with van der Waals surface area (Å²) in [4.78, 5) is 0. The second-order valence-electron chi connectivity index (χ2n) is 1.95. The Balaban J connectivity index is 3.38. The Labute approximate surface area is 79.5 Å². The zero-order valence-electron chi connectivity index (χ0n) is 5.76. The highest BCUT2D eigenvalue weighted by atomic mass is 127. The molecule has 0 aromatic heterocycles. The van der Waals surface area contributed by atoms with Crippen molar-refractivity contribution >= 4 is 22.6 Å². The molecule has 0 spiro atoms. The summed E-state index contributed by atoms with van der Waals surface area (Å²) < 4.78 is 0.943. The van der Waals surface area contributed by atoms with Crippen LogP contribution in [0.1, 0.15) is 11.1 Å². The first-order valence-electron chi connectivity index (χ1n) is 3.01. The lowest BCUT2D eigenvalue weighted by Crippen LogP contribution is -1.86. The van der Waals surface area contributed by atoms with Gasteiger partial charge in [-0.25, -0.2) is 0 Å². The van der Waals surface area contributed by atoms with Gasteiger partial charge < -0.3 is 0 Å². The zero-order valence-corrected chi connectivity index (χ0v) is 7.92. The molecule has 0 heterocycles. The summed E-state index contributed by atoms with van der Waals surface area (Å²) in [6.07, 6.45) is 2.71. The Bertz CT molecular complexity index is 323. The van der Waals surface area contributed by atoms with Crippen LogP contribution >= 0.6 is 22.6 Å². The standard InChI is InChI=1S/C9H5IN/c1-2-7-4-3-5-9(10)8(7)6-11/h3-5H,1H2. The number of rotatable bonds is 1. The van der Waals surface area contributed by atoms with E-state index in [0.717, 1.165) is 9.13 Å². The third kappa shape index (κ3) is 1.60. The number of nitriles is 1. The molecule has 1 radical (unpaired) electrons. The highest BCUT2D eigenvalue weighted by Crippen LogP contribution is 2.15. The molecule has 0 aliphatic heterocycles. The first kappa shape index (κ1) is 8.28. The maximum atomic E-state index is 8.71. The molecule has 1 aromatic carbocycles. The van der Waals surface area contributed by atoms with Crippen molar-refractivity contribution in [2.24, 2.45) is 0 Å². The van der Waals surface area contributed by atoms with Crippen molar-refractivity contribution < 1.29 is 0 Å². The Morgan fingerprint density at radius 3 is 2.64 bits per heavy atom. The minimum Gasteiger partial charge on any atom is -0.192 e. The molecule has 0 bridgehead atoms. The molecule has 1 rings (SSSR count). The van der Waals surface area contributed by atoms with E-state index in [1.165, 1.54) is 0 Å². The van der Waals surface area contributed by atoms with E-state index >= 15 is 0 Å². The van der Waals surface area contributed by atoms with Crippen molar-refractivity contribution in [1.82, 2.24) is 0 Å². The van der Waals surface area contributed by atoms with E-state index in [-0.39, 0.29) is 0 Å². The number of halogens is 1. The molecular weight excluding hydrogens is 249 g/mol. The smallest absolute Gasteiger partial charge is 0.101 e. The van der Waals surface area contributed by atoms with Crippen molar-refractivity contribution in [3.8, 4) is 6.07 Å². The van der Waals surface area contributed by atoms with Crippen molar-refractivity contribution in [3.05, 3.63) is 45.6 Å². The summed E-state index contributed by atoms with van der Waals surface area (Å²) in [5.74, 6) is 0. The van der Waals surface area contributed by atoms with Gasteiger partial charge in [0, 0.05) is 9.13 Å². The lowest BCUT2D eigenvalue weighted by molar-refractivity contribution is 1.42. The minimum absolute atomic E-state index is 0.656. The van der Waals surface area contributed by atoms with Crippen LogP contribution in [0, 0.1) is 21.0 Å². The van der Waals surface area contributed by atoms with Gasteiger partial charge in [0.2, 0.25) is 0 Å². The quantitative estimate of drug-likeness (QED) is 0.706. The van der Waals surface area contributed by atoms with E-state index in [0.29, 0.717) is 5.56 Å². The first-order chi connectivity index (χ1) is 5.29. The van der Waals surface area contributed by atoms with Crippen LogP contribution in [-0.2, 0) is 0 Å². The van der Waals surface area contributed by atoms with Crippen molar-refractivity contribution in [3.63, 3.8) is 0 Å². The van der Waals surface area contributed by atoms with E-state index in [1.807, 2.05) is 18.2 Å². The average Bonchev–Trinajstić information content (AvgIpc) is 2.04. The van der Waals surface area contributed by atoms with Crippen LogP contribution in [0.5, 0.6) is 0 Å². The topological polar surface area (TPSA) is 23.8 Å². The highest BCUT2D eigenvalue weighted by molar-refractivity contribution is 14.1. The average molecular weight is 254 g/mol. The van der Waals surface area contributed by atoms with E-state index in [4.69, 9.17) is 5.26 Å². The predicted octanol–water partition coefficient (Wildman–Crippen LogP) is 2.50. The molecule has 0 atom stereocenters. The third-order valence-electron chi connectivity index (χ3n) is 1.32. The minimum atomic E-state index is 0.656. The molecule has 0 aliphatic rings. The van der Waals surface area contributed by atoms with Crippen LogP contribution in [0.4, 0.5) is 0 Å². The molecule has 1 aromatic rings.